The van der Waals surface area contributed by atoms with E-state index in [1.807, 2.05) is 0 Å². The number of hydrogen-bond donors (Lipinski definition) is 0. The highest BCUT2D eigenvalue weighted by Crippen LogP contribution is 2.42. The molecule has 1 heterocycles. The Balaban J connectivity index is 1.57. The summed E-state index contributed by atoms with van der Waals surface area (Å²) in [5.41, 5.74) is 0.883. The third kappa shape index (κ3) is 3.42. The molecule has 0 aromatic heterocycles. The van der Waals surface area contributed by atoms with Gasteiger partial charge in [0.05, 0.1) is 23.7 Å². The van der Waals surface area contributed by atoms with Crippen molar-refractivity contribution in [1.29, 1.82) is 0 Å². The molecular formula is C17H22O4S. The van der Waals surface area contributed by atoms with Gasteiger partial charge in [-0.25, -0.2) is 0 Å². The zero-order valence-electron chi connectivity index (χ0n) is 12.8. The Kier molecular flexibility index (Phi) is 4.39. The zero-order valence-corrected chi connectivity index (χ0v) is 13.6. The standard InChI is InChI=1S/C17H22O4S/c1-3-13-4-7-15(8-5-13)22(18,19)20-11-12(2)14-6-9-16-17(10-14)21-16/h3-5,7-8,12,14,16-17H,1,6,9-11H2,2H3. The first-order chi connectivity index (χ1) is 10.5. The number of epoxide rings is 1. The largest absolute Gasteiger partial charge is 0.370 e. The van der Waals surface area contributed by atoms with E-state index in [2.05, 4.69) is 13.5 Å². The third-order valence-corrected chi connectivity index (χ3v) is 6.04. The fourth-order valence-electron chi connectivity index (χ4n) is 3.12. The molecule has 5 heteroatoms. The van der Waals surface area contributed by atoms with Crippen LogP contribution in [0.4, 0.5) is 0 Å². The van der Waals surface area contributed by atoms with Crippen LogP contribution in [0.3, 0.4) is 0 Å². The molecule has 0 spiro atoms. The Labute approximate surface area is 132 Å². The van der Waals surface area contributed by atoms with Crippen LogP contribution in [-0.2, 0) is 19.0 Å². The van der Waals surface area contributed by atoms with Crippen LogP contribution in [0.1, 0.15) is 31.7 Å². The molecule has 1 aliphatic carbocycles. The predicted molar refractivity (Wildman–Crippen MR) is 84.8 cm³/mol. The molecule has 1 aliphatic heterocycles. The van der Waals surface area contributed by atoms with Crippen molar-refractivity contribution in [1.82, 2.24) is 0 Å². The topological polar surface area (TPSA) is 55.9 Å². The molecule has 1 aromatic carbocycles. The number of hydrogen-bond acceptors (Lipinski definition) is 4. The highest BCUT2D eigenvalue weighted by Gasteiger charge is 2.45. The van der Waals surface area contributed by atoms with Crippen LogP contribution in [0, 0.1) is 11.8 Å². The van der Waals surface area contributed by atoms with Crippen LogP contribution < -0.4 is 0 Å². The predicted octanol–water partition coefficient (Wildman–Crippen LogP) is 3.24. The average molecular weight is 322 g/mol. The van der Waals surface area contributed by atoms with Crippen LogP contribution >= 0.6 is 0 Å². The maximum Gasteiger partial charge on any atom is 0.296 e. The lowest BCUT2D eigenvalue weighted by molar-refractivity contribution is 0.186. The normalized spacial score (nSPS) is 28.7. The van der Waals surface area contributed by atoms with Crippen LogP contribution in [0.5, 0.6) is 0 Å². The Morgan fingerprint density at radius 3 is 2.68 bits per heavy atom. The number of ether oxygens (including phenoxy) is 1. The summed E-state index contributed by atoms with van der Waals surface area (Å²) >= 11 is 0. The first kappa shape index (κ1) is 15.7. The minimum Gasteiger partial charge on any atom is -0.370 e. The van der Waals surface area contributed by atoms with Crippen molar-refractivity contribution in [3.05, 3.63) is 36.4 Å². The minimum atomic E-state index is -3.69. The molecule has 1 aromatic rings. The van der Waals surface area contributed by atoms with Gasteiger partial charge in [-0.2, -0.15) is 8.42 Å². The van der Waals surface area contributed by atoms with Crippen molar-refractivity contribution in [2.24, 2.45) is 11.8 Å². The summed E-state index contributed by atoms with van der Waals surface area (Å²) in [6.07, 6.45) is 5.77. The lowest BCUT2D eigenvalue weighted by atomic mass is 9.81. The SMILES string of the molecule is C=Cc1ccc(S(=O)(=O)OCC(C)C2CCC3OC3C2)cc1. The van der Waals surface area contributed by atoms with Gasteiger partial charge < -0.3 is 4.74 Å². The summed E-state index contributed by atoms with van der Waals surface area (Å²) in [4.78, 5) is 0.194. The van der Waals surface area contributed by atoms with E-state index in [1.165, 1.54) is 0 Å². The van der Waals surface area contributed by atoms with Crippen molar-refractivity contribution < 1.29 is 17.3 Å². The van der Waals surface area contributed by atoms with Crippen molar-refractivity contribution in [3.8, 4) is 0 Å². The molecule has 0 N–H and O–H groups in total. The maximum absolute atomic E-state index is 12.2. The highest BCUT2D eigenvalue weighted by molar-refractivity contribution is 7.86. The van der Waals surface area contributed by atoms with E-state index in [4.69, 9.17) is 8.92 Å². The summed E-state index contributed by atoms with van der Waals surface area (Å²) in [6, 6.07) is 6.55. The second kappa shape index (κ2) is 6.14. The average Bonchev–Trinajstić information content (AvgIpc) is 3.31. The Morgan fingerprint density at radius 2 is 2.05 bits per heavy atom. The number of rotatable bonds is 6. The number of fused-ring (bicyclic) bond motifs is 1. The van der Waals surface area contributed by atoms with E-state index in [9.17, 15) is 8.42 Å². The van der Waals surface area contributed by atoms with Gasteiger partial charge in [0.25, 0.3) is 10.1 Å². The minimum absolute atomic E-state index is 0.194. The Bertz CT molecular complexity index is 635. The van der Waals surface area contributed by atoms with E-state index in [0.717, 1.165) is 24.8 Å². The summed E-state index contributed by atoms with van der Waals surface area (Å²) in [6.45, 7) is 5.94. The van der Waals surface area contributed by atoms with E-state index < -0.39 is 10.1 Å². The van der Waals surface area contributed by atoms with Crippen LogP contribution in [0.2, 0.25) is 0 Å². The van der Waals surface area contributed by atoms with Gasteiger partial charge in [-0.15, -0.1) is 0 Å². The van der Waals surface area contributed by atoms with Crippen molar-refractivity contribution in [2.45, 2.75) is 43.3 Å². The molecule has 22 heavy (non-hydrogen) atoms. The lowest BCUT2D eigenvalue weighted by Gasteiger charge is -2.25. The number of benzene rings is 1. The fourth-order valence-corrected chi connectivity index (χ4v) is 4.12. The van der Waals surface area contributed by atoms with Crippen LogP contribution in [0.15, 0.2) is 35.7 Å². The third-order valence-electron chi connectivity index (χ3n) is 4.74. The Morgan fingerprint density at radius 1 is 1.32 bits per heavy atom. The monoisotopic (exact) mass is 322 g/mol. The molecule has 0 radical (unpaired) electrons. The maximum atomic E-state index is 12.2. The van der Waals surface area contributed by atoms with Crippen molar-refractivity contribution in [3.63, 3.8) is 0 Å². The highest BCUT2D eigenvalue weighted by atomic mass is 32.2. The fraction of sp³-hybridized carbons (Fsp3) is 0.529. The summed E-state index contributed by atoms with van der Waals surface area (Å²) in [5, 5.41) is 0. The van der Waals surface area contributed by atoms with Gasteiger partial charge in [0.2, 0.25) is 0 Å². The van der Waals surface area contributed by atoms with Crippen LogP contribution in [0.25, 0.3) is 6.08 Å². The summed E-state index contributed by atoms with van der Waals surface area (Å²) in [7, 11) is -3.69. The second-order valence-corrected chi connectivity index (χ2v) is 7.89. The first-order valence-corrected chi connectivity index (χ1v) is 9.18. The smallest absolute Gasteiger partial charge is 0.296 e. The zero-order chi connectivity index (χ0) is 15.7. The molecule has 2 aliphatic rings. The van der Waals surface area contributed by atoms with Gasteiger partial charge in [0, 0.05) is 0 Å². The van der Waals surface area contributed by atoms with E-state index in [0.29, 0.717) is 18.1 Å². The first-order valence-electron chi connectivity index (χ1n) is 7.77. The van der Waals surface area contributed by atoms with Gasteiger partial charge in [-0.3, -0.25) is 4.18 Å². The summed E-state index contributed by atoms with van der Waals surface area (Å²) in [5.74, 6) is 0.703. The molecule has 120 valence electrons. The molecular weight excluding hydrogens is 300 g/mol. The molecule has 1 saturated carbocycles. The van der Waals surface area contributed by atoms with Gasteiger partial charge in [0.15, 0.2) is 0 Å². The van der Waals surface area contributed by atoms with Gasteiger partial charge >= 0.3 is 0 Å². The lowest BCUT2D eigenvalue weighted by Crippen LogP contribution is -2.24. The quantitative estimate of drug-likeness (QED) is 0.596. The molecule has 4 unspecified atom stereocenters. The Hall–Kier alpha value is -1.17. The van der Waals surface area contributed by atoms with E-state index >= 15 is 0 Å². The molecule has 0 amide bonds. The van der Waals surface area contributed by atoms with Crippen molar-refractivity contribution >= 4 is 16.2 Å². The van der Waals surface area contributed by atoms with Gasteiger partial charge in [0.1, 0.15) is 0 Å². The van der Waals surface area contributed by atoms with Gasteiger partial charge in [-0.1, -0.05) is 31.7 Å². The van der Waals surface area contributed by atoms with Crippen molar-refractivity contribution in [2.75, 3.05) is 6.61 Å². The van der Waals surface area contributed by atoms with Crippen LogP contribution in [-0.4, -0.2) is 27.2 Å². The van der Waals surface area contributed by atoms with E-state index in [-0.39, 0.29) is 17.4 Å². The molecule has 2 fully saturated rings. The molecule has 3 rings (SSSR count). The molecule has 4 atom stereocenters. The van der Waals surface area contributed by atoms with E-state index in [1.54, 1.807) is 30.3 Å². The molecule has 4 nitrogen and oxygen atoms in total. The molecule has 1 saturated heterocycles. The molecule has 0 bridgehead atoms. The van der Waals surface area contributed by atoms with Gasteiger partial charge in [-0.05, 0) is 48.8 Å². The summed E-state index contributed by atoms with van der Waals surface area (Å²) < 4.78 is 35.2. The second-order valence-electron chi connectivity index (χ2n) is 6.28.